The molecular formula is C83H147NO10. The van der Waals surface area contributed by atoms with E-state index in [0.717, 1.165) is 96.3 Å². The fraction of sp³-hybridized carbons (Fsp3) is 0.783. The van der Waals surface area contributed by atoms with Crippen molar-refractivity contribution in [2.24, 2.45) is 0 Å². The number of amides is 1. The van der Waals surface area contributed by atoms with Gasteiger partial charge in [0, 0.05) is 6.42 Å². The number of unbranched alkanes of at least 4 members (excludes halogenated alkanes) is 40. The van der Waals surface area contributed by atoms with Gasteiger partial charge in [0.15, 0.2) is 12.4 Å². The van der Waals surface area contributed by atoms with Crippen molar-refractivity contribution in [1.29, 1.82) is 0 Å². The number of aliphatic hydroxyl groups is 5. The first-order valence-corrected chi connectivity index (χ1v) is 39.5. The highest BCUT2D eigenvalue weighted by atomic mass is 16.7. The van der Waals surface area contributed by atoms with Crippen LogP contribution in [-0.4, -0.2) is 99.6 Å². The minimum absolute atomic E-state index is 0.117. The van der Waals surface area contributed by atoms with Crippen LogP contribution in [0.3, 0.4) is 0 Å². The molecule has 0 spiro atoms. The minimum Gasteiger partial charge on any atom is -0.454 e. The van der Waals surface area contributed by atoms with Gasteiger partial charge in [0.1, 0.15) is 24.4 Å². The number of carbonyl (C=O) groups excluding carboxylic acids is 2. The lowest BCUT2D eigenvalue weighted by atomic mass is 9.99. The predicted octanol–water partition coefficient (Wildman–Crippen LogP) is 21.4. The molecule has 6 N–H and O–H groups in total. The number of ether oxygens (including phenoxy) is 3. The monoisotopic (exact) mass is 1320 g/mol. The number of nitrogens with one attached hydrogen (secondary N) is 1. The van der Waals surface area contributed by atoms with Crippen molar-refractivity contribution >= 4 is 11.9 Å². The van der Waals surface area contributed by atoms with Gasteiger partial charge in [-0.2, -0.15) is 0 Å². The summed E-state index contributed by atoms with van der Waals surface area (Å²) in [6.45, 7) is 5.78. The van der Waals surface area contributed by atoms with Crippen LogP contribution in [0.1, 0.15) is 355 Å². The Hall–Kier alpha value is -3.42. The maximum atomic E-state index is 13.5. The van der Waals surface area contributed by atoms with E-state index in [2.05, 4.69) is 111 Å². The summed E-state index contributed by atoms with van der Waals surface area (Å²) >= 11 is 0. The number of esters is 1. The van der Waals surface area contributed by atoms with Gasteiger partial charge in [-0.25, -0.2) is 0 Å². The van der Waals surface area contributed by atoms with Crippen molar-refractivity contribution < 1.29 is 49.3 Å². The Morgan fingerprint density at radius 3 is 1.12 bits per heavy atom. The lowest BCUT2D eigenvalue weighted by Gasteiger charge is -2.41. The van der Waals surface area contributed by atoms with Crippen LogP contribution in [0.25, 0.3) is 0 Å². The van der Waals surface area contributed by atoms with Gasteiger partial charge < -0.3 is 45.1 Å². The number of carbonyl (C=O) groups is 2. The van der Waals surface area contributed by atoms with Crippen LogP contribution in [0, 0.1) is 0 Å². The molecule has 11 heteroatoms. The van der Waals surface area contributed by atoms with E-state index in [1.54, 1.807) is 6.08 Å². The fourth-order valence-electron chi connectivity index (χ4n) is 12.0. The maximum Gasteiger partial charge on any atom is 0.306 e. The van der Waals surface area contributed by atoms with E-state index >= 15 is 0 Å². The second-order valence-corrected chi connectivity index (χ2v) is 27.1. The molecule has 1 aliphatic heterocycles. The number of hydrogen-bond acceptors (Lipinski definition) is 10. The molecular weight excluding hydrogens is 1170 g/mol. The SMILES string of the molecule is CCCCC/C=C\C/C=C\C/C=C\C/C=C\CCCCCCCCCCCCCC(=O)OC1C(OCC(NC(=O)C(O)CCCCCCCCCCCCCCC/C=C\C/C=C\C/C=C\CCCCC)C(O)/C=C/CCCCCCCCCCCC)OC(CO)C(O)C1O. The summed E-state index contributed by atoms with van der Waals surface area (Å²) < 4.78 is 17.7. The lowest BCUT2D eigenvalue weighted by molar-refractivity contribution is -0.305. The highest BCUT2D eigenvalue weighted by Gasteiger charge is 2.47. The molecule has 0 aromatic rings. The van der Waals surface area contributed by atoms with Crippen LogP contribution in [0.15, 0.2) is 97.2 Å². The Morgan fingerprint density at radius 1 is 0.415 bits per heavy atom. The first kappa shape index (κ1) is 88.6. The minimum atomic E-state index is -1.62. The molecule has 1 rings (SSSR count). The molecule has 1 aliphatic rings. The summed E-state index contributed by atoms with van der Waals surface area (Å²) in [6.07, 6.45) is 84.5. The molecule has 8 unspecified atom stereocenters. The normalized spacial score (nSPS) is 18.3. The Labute approximate surface area is 577 Å². The van der Waals surface area contributed by atoms with Crippen molar-refractivity contribution in [3.63, 3.8) is 0 Å². The highest BCUT2D eigenvalue weighted by Crippen LogP contribution is 2.26. The molecule has 0 bridgehead atoms. The van der Waals surface area contributed by atoms with Crippen LogP contribution in [0.2, 0.25) is 0 Å². The van der Waals surface area contributed by atoms with Crippen molar-refractivity contribution in [2.45, 2.75) is 404 Å². The first-order chi connectivity index (χ1) is 46.2. The Balaban J connectivity index is 2.51. The number of allylic oxidation sites excluding steroid dienone is 15. The molecule has 1 saturated heterocycles. The quantitative estimate of drug-likeness (QED) is 0.0195. The molecule has 0 radical (unpaired) electrons. The van der Waals surface area contributed by atoms with Gasteiger partial charge in [-0.1, -0.05) is 336 Å². The zero-order valence-corrected chi connectivity index (χ0v) is 60.8. The van der Waals surface area contributed by atoms with E-state index in [0.29, 0.717) is 12.8 Å². The molecule has 0 aromatic heterocycles. The van der Waals surface area contributed by atoms with Gasteiger partial charge in [0.25, 0.3) is 0 Å². The van der Waals surface area contributed by atoms with E-state index in [1.807, 2.05) is 6.08 Å². The second-order valence-electron chi connectivity index (χ2n) is 27.1. The molecule has 1 heterocycles. The second kappa shape index (κ2) is 69.5. The maximum absolute atomic E-state index is 13.5. The summed E-state index contributed by atoms with van der Waals surface area (Å²) in [7, 11) is 0. The van der Waals surface area contributed by atoms with Crippen LogP contribution < -0.4 is 5.32 Å². The Kier molecular flexibility index (Phi) is 65.5. The van der Waals surface area contributed by atoms with Crippen LogP contribution >= 0.6 is 0 Å². The van der Waals surface area contributed by atoms with Crippen molar-refractivity contribution in [2.75, 3.05) is 13.2 Å². The number of hydrogen-bond donors (Lipinski definition) is 6. The average Bonchev–Trinajstić information content (AvgIpc) is 0.814. The van der Waals surface area contributed by atoms with Crippen LogP contribution in [0.5, 0.6) is 0 Å². The number of aliphatic hydroxyl groups excluding tert-OH is 5. The smallest absolute Gasteiger partial charge is 0.306 e. The molecule has 0 aromatic carbocycles. The Morgan fingerprint density at radius 2 is 0.734 bits per heavy atom. The standard InChI is InChI=1S/C83H147NO10/c1-4-7-10-13-16-19-22-25-27-29-31-33-35-37-39-41-43-45-47-49-51-53-56-59-62-65-68-71-78(88)94-81-80(90)79(89)77(72-85)93-83(81)92-73-74(75(86)69-66-63-60-57-54-24-21-18-15-12-9-6-3)84-82(91)76(87)70-67-64-61-58-55-52-50-48-46-44-42-40-38-36-34-32-30-28-26-23-20-17-14-11-8-5-2/h16-17,19-20,25-28,31-34,37,39,66,69,74-77,79-81,83,85-87,89-90H,4-15,18,21-24,29-30,35-36,38,40-65,67-68,70-73H2,1-3H3,(H,84,91)/b19-16-,20-17-,27-25-,28-26-,33-31-,34-32-,39-37-,69-66+. The fourth-order valence-corrected chi connectivity index (χ4v) is 12.0. The van der Waals surface area contributed by atoms with Gasteiger partial charge in [-0.05, 0) is 109 Å². The Bertz CT molecular complexity index is 1910. The highest BCUT2D eigenvalue weighted by molar-refractivity contribution is 5.80. The third-order valence-corrected chi connectivity index (χ3v) is 18.2. The van der Waals surface area contributed by atoms with Crippen LogP contribution in [-0.2, 0) is 23.8 Å². The lowest BCUT2D eigenvalue weighted by Crippen LogP contribution is -2.61. The van der Waals surface area contributed by atoms with E-state index in [-0.39, 0.29) is 19.4 Å². The molecule has 11 nitrogen and oxygen atoms in total. The largest absolute Gasteiger partial charge is 0.454 e. The van der Waals surface area contributed by atoms with Gasteiger partial charge >= 0.3 is 5.97 Å². The number of rotatable bonds is 68. The van der Waals surface area contributed by atoms with Gasteiger partial charge in [0.2, 0.25) is 5.91 Å². The predicted molar refractivity (Wildman–Crippen MR) is 398 cm³/mol. The topological polar surface area (TPSA) is 175 Å². The van der Waals surface area contributed by atoms with E-state index in [4.69, 9.17) is 14.2 Å². The summed E-state index contributed by atoms with van der Waals surface area (Å²) in [5.41, 5.74) is 0. The van der Waals surface area contributed by atoms with Crippen molar-refractivity contribution in [3.8, 4) is 0 Å². The molecule has 1 fully saturated rings. The van der Waals surface area contributed by atoms with Gasteiger partial charge in [-0.15, -0.1) is 0 Å². The zero-order valence-electron chi connectivity index (χ0n) is 60.8. The van der Waals surface area contributed by atoms with E-state index in [1.165, 1.54) is 212 Å². The first-order valence-electron chi connectivity index (χ1n) is 39.5. The third-order valence-electron chi connectivity index (χ3n) is 18.2. The van der Waals surface area contributed by atoms with Crippen molar-refractivity contribution in [3.05, 3.63) is 97.2 Å². The molecule has 0 aliphatic carbocycles. The summed E-state index contributed by atoms with van der Waals surface area (Å²) in [6, 6.07) is -1.03. The molecule has 94 heavy (non-hydrogen) atoms. The molecule has 8 atom stereocenters. The zero-order chi connectivity index (χ0) is 68.1. The summed E-state index contributed by atoms with van der Waals surface area (Å²) in [4.78, 5) is 26.8. The summed E-state index contributed by atoms with van der Waals surface area (Å²) in [5.74, 6) is -1.19. The van der Waals surface area contributed by atoms with Gasteiger partial charge in [-0.3, -0.25) is 9.59 Å². The third kappa shape index (κ3) is 55.6. The average molecular weight is 1320 g/mol. The van der Waals surface area contributed by atoms with E-state index in [9.17, 15) is 35.1 Å². The van der Waals surface area contributed by atoms with Gasteiger partial charge in [0.05, 0.1) is 25.4 Å². The summed E-state index contributed by atoms with van der Waals surface area (Å²) in [5, 5.41) is 57.4. The van der Waals surface area contributed by atoms with Crippen LogP contribution in [0.4, 0.5) is 0 Å². The van der Waals surface area contributed by atoms with Crippen molar-refractivity contribution in [1.82, 2.24) is 5.32 Å². The molecule has 544 valence electrons. The molecule has 1 amide bonds. The molecule has 0 saturated carbocycles. The van der Waals surface area contributed by atoms with E-state index < -0.39 is 67.4 Å².